The van der Waals surface area contributed by atoms with E-state index in [2.05, 4.69) is 6.92 Å². The smallest absolute Gasteiger partial charge is 0.0821 e. The van der Waals surface area contributed by atoms with Crippen LogP contribution in [0.4, 0.5) is 0 Å². The molecule has 1 aromatic rings. The molecule has 0 heterocycles. The Morgan fingerprint density at radius 3 is 2.38 bits per heavy atom. The van der Waals surface area contributed by atoms with Crippen LogP contribution in [0.3, 0.4) is 0 Å². The molecule has 1 atom stereocenters. The zero-order valence-electron chi connectivity index (χ0n) is 8.09. The number of methoxy groups -OCH3 is 1. The van der Waals surface area contributed by atoms with Gasteiger partial charge in [0, 0.05) is 12.1 Å². The van der Waals surface area contributed by atoms with Gasteiger partial charge in [0.2, 0.25) is 0 Å². The largest absolute Gasteiger partial charge is 0.377 e. The number of halogens is 1. The molecule has 0 spiro atoms. The highest BCUT2D eigenvalue weighted by atomic mass is 35.5. The fourth-order valence-corrected chi connectivity index (χ4v) is 1.49. The minimum Gasteiger partial charge on any atom is -0.377 e. The van der Waals surface area contributed by atoms with Crippen molar-refractivity contribution >= 4 is 11.6 Å². The van der Waals surface area contributed by atoms with Gasteiger partial charge >= 0.3 is 0 Å². The Hall–Kier alpha value is -0.530. The summed E-state index contributed by atoms with van der Waals surface area (Å²) in [5, 5.41) is 0.773. The van der Waals surface area contributed by atoms with Gasteiger partial charge in [-0.3, -0.25) is 0 Å². The third-order valence-electron chi connectivity index (χ3n) is 2.08. The molecule has 2 heteroatoms. The van der Waals surface area contributed by atoms with Crippen LogP contribution in [0, 0.1) is 0 Å². The quantitative estimate of drug-likeness (QED) is 0.715. The van der Waals surface area contributed by atoms with E-state index in [9.17, 15) is 0 Å². The minimum atomic E-state index is 0.210. The lowest BCUT2D eigenvalue weighted by Crippen LogP contribution is -2.00. The Morgan fingerprint density at radius 1 is 1.31 bits per heavy atom. The van der Waals surface area contributed by atoms with Crippen LogP contribution < -0.4 is 0 Å². The third-order valence-corrected chi connectivity index (χ3v) is 2.33. The first-order valence-electron chi connectivity index (χ1n) is 4.56. The summed E-state index contributed by atoms with van der Waals surface area (Å²) in [6.45, 7) is 2.15. The summed E-state index contributed by atoms with van der Waals surface area (Å²) >= 11 is 5.80. The van der Waals surface area contributed by atoms with Crippen molar-refractivity contribution in [3.8, 4) is 0 Å². The van der Waals surface area contributed by atoms with Crippen LogP contribution in [0.25, 0.3) is 0 Å². The van der Waals surface area contributed by atoms with Gasteiger partial charge in [0.05, 0.1) is 6.10 Å². The molecule has 0 bridgehead atoms. The Morgan fingerprint density at radius 2 is 1.92 bits per heavy atom. The monoisotopic (exact) mass is 198 g/mol. The summed E-state index contributed by atoms with van der Waals surface area (Å²) in [5.41, 5.74) is 1.20. The van der Waals surface area contributed by atoms with Gasteiger partial charge in [-0.2, -0.15) is 0 Å². The van der Waals surface area contributed by atoms with Crippen molar-refractivity contribution in [2.75, 3.05) is 7.11 Å². The molecule has 0 fully saturated rings. The van der Waals surface area contributed by atoms with Crippen LogP contribution in [0.1, 0.15) is 31.4 Å². The lowest BCUT2D eigenvalue weighted by Gasteiger charge is -2.14. The molecule has 0 N–H and O–H groups in total. The molecule has 0 aliphatic carbocycles. The second-order valence-corrected chi connectivity index (χ2v) is 3.50. The van der Waals surface area contributed by atoms with E-state index in [0.717, 1.165) is 17.9 Å². The molecule has 0 saturated carbocycles. The standard InChI is InChI=1S/C11H15ClO/c1-3-4-11(13-2)9-5-7-10(12)8-6-9/h5-8,11H,3-4H2,1-2H3. The van der Waals surface area contributed by atoms with E-state index in [4.69, 9.17) is 16.3 Å². The first kappa shape index (κ1) is 10.6. The summed E-state index contributed by atoms with van der Waals surface area (Å²) in [6.07, 6.45) is 2.39. The molecule has 13 heavy (non-hydrogen) atoms. The van der Waals surface area contributed by atoms with Gasteiger partial charge in [-0.15, -0.1) is 0 Å². The normalized spacial score (nSPS) is 12.8. The fourth-order valence-electron chi connectivity index (χ4n) is 1.36. The lowest BCUT2D eigenvalue weighted by molar-refractivity contribution is 0.0950. The summed E-state index contributed by atoms with van der Waals surface area (Å²) in [7, 11) is 1.74. The average molecular weight is 199 g/mol. The molecule has 1 rings (SSSR count). The number of benzene rings is 1. The molecular weight excluding hydrogens is 184 g/mol. The van der Waals surface area contributed by atoms with Gasteiger partial charge in [-0.25, -0.2) is 0 Å². The Kier molecular flexibility index (Phi) is 4.26. The van der Waals surface area contributed by atoms with Crippen molar-refractivity contribution in [1.29, 1.82) is 0 Å². The molecule has 1 aromatic carbocycles. The Balaban J connectivity index is 2.73. The minimum absolute atomic E-state index is 0.210. The molecule has 72 valence electrons. The second kappa shape index (κ2) is 5.25. The second-order valence-electron chi connectivity index (χ2n) is 3.06. The average Bonchev–Trinajstić information content (AvgIpc) is 2.16. The SMILES string of the molecule is CCCC(OC)c1ccc(Cl)cc1. The van der Waals surface area contributed by atoms with Crippen molar-refractivity contribution in [1.82, 2.24) is 0 Å². The van der Waals surface area contributed by atoms with Crippen LogP contribution >= 0.6 is 11.6 Å². The lowest BCUT2D eigenvalue weighted by atomic mass is 10.1. The molecular formula is C11H15ClO. The van der Waals surface area contributed by atoms with E-state index < -0.39 is 0 Å². The molecule has 0 aliphatic rings. The highest BCUT2D eigenvalue weighted by Crippen LogP contribution is 2.23. The number of ether oxygens (including phenoxy) is 1. The predicted molar refractivity (Wildman–Crippen MR) is 56.1 cm³/mol. The number of hydrogen-bond acceptors (Lipinski definition) is 1. The van der Waals surface area contributed by atoms with Crippen molar-refractivity contribution in [2.24, 2.45) is 0 Å². The first-order chi connectivity index (χ1) is 6.27. The van der Waals surface area contributed by atoms with Crippen LogP contribution in [-0.4, -0.2) is 7.11 Å². The molecule has 0 saturated heterocycles. The van der Waals surface area contributed by atoms with Gasteiger partial charge in [0.1, 0.15) is 0 Å². The van der Waals surface area contributed by atoms with E-state index in [1.54, 1.807) is 7.11 Å². The van der Waals surface area contributed by atoms with E-state index in [1.807, 2.05) is 24.3 Å². The highest BCUT2D eigenvalue weighted by Gasteiger charge is 2.07. The van der Waals surface area contributed by atoms with E-state index in [-0.39, 0.29) is 6.10 Å². The van der Waals surface area contributed by atoms with E-state index >= 15 is 0 Å². The Bertz CT molecular complexity index is 243. The number of hydrogen-bond donors (Lipinski definition) is 0. The molecule has 0 amide bonds. The van der Waals surface area contributed by atoms with Gasteiger partial charge in [-0.05, 0) is 24.1 Å². The highest BCUT2D eigenvalue weighted by molar-refractivity contribution is 6.30. The Labute approximate surface area is 84.7 Å². The summed E-state index contributed by atoms with van der Waals surface area (Å²) in [5.74, 6) is 0. The molecule has 0 aliphatic heterocycles. The van der Waals surface area contributed by atoms with Crippen molar-refractivity contribution in [3.63, 3.8) is 0 Å². The van der Waals surface area contributed by atoms with Crippen molar-refractivity contribution in [3.05, 3.63) is 34.9 Å². The van der Waals surface area contributed by atoms with Gasteiger partial charge in [0.15, 0.2) is 0 Å². The maximum absolute atomic E-state index is 5.80. The maximum Gasteiger partial charge on any atom is 0.0821 e. The van der Waals surface area contributed by atoms with Gasteiger partial charge < -0.3 is 4.74 Å². The van der Waals surface area contributed by atoms with Gasteiger partial charge in [0.25, 0.3) is 0 Å². The zero-order valence-corrected chi connectivity index (χ0v) is 8.84. The van der Waals surface area contributed by atoms with Crippen LogP contribution in [0.2, 0.25) is 5.02 Å². The fraction of sp³-hybridized carbons (Fsp3) is 0.455. The molecule has 1 unspecified atom stereocenters. The first-order valence-corrected chi connectivity index (χ1v) is 4.94. The van der Waals surface area contributed by atoms with Crippen LogP contribution in [0.5, 0.6) is 0 Å². The summed E-state index contributed by atoms with van der Waals surface area (Å²) < 4.78 is 5.37. The van der Waals surface area contributed by atoms with E-state index in [1.165, 1.54) is 5.56 Å². The molecule has 0 aromatic heterocycles. The van der Waals surface area contributed by atoms with Crippen molar-refractivity contribution < 1.29 is 4.74 Å². The van der Waals surface area contributed by atoms with Gasteiger partial charge in [-0.1, -0.05) is 37.1 Å². The summed E-state index contributed by atoms with van der Waals surface area (Å²) in [6, 6.07) is 7.84. The number of rotatable bonds is 4. The third kappa shape index (κ3) is 3.02. The zero-order chi connectivity index (χ0) is 9.68. The summed E-state index contributed by atoms with van der Waals surface area (Å²) in [4.78, 5) is 0. The maximum atomic E-state index is 5.80. The van der Waals surface area contributed by atoms with Crippen LogP contribution in [0.15, 0.2) is 24.3 Å². The van der Waals surface area contributed by atoms with Crippen LogP contribution in [-0.2, 0) is 4.74 Å². The topological polar surface area (TPSA) is 9.23 Å². The molecule has 1 nitrogen and oxygen atoms in total. The predicted octanol–water partition coefficient (Wildman–Crippen LogP) is 3.83. The van der Waals surface area contributed by atoms with Crippen molar-refractivity contribution in [2.45, 2.75) is 25.9 Å². The van der Waals surface area contributed by atoms with E-state index in [0.29, 0.717) is 0 Å². The molecule has 0 radical (unpaired) electrons.